The van der Waals surface area contributed by atoms with Crippen molar-refractivity contribution in [1.29, 1.82) is 10.8 Å². The number of nitrogens with zero attached hydrogens (tertiary/aromatic N) is 2. The average molecular weight is 289 g/mol. The van der Waals surface area contributed by atoms with Crippen LogP contribution in [0.5, 0.6) is 0 Å². The zero-order valence-electron chi connectivity index (χ0n) is 11.7. The lowest BCUT2D eigenvalue weighted by Crippen LogP contribution is -2.53. The van der Waals surface area contributed by atoms with E-state index in [4.69, 9.17) is 16.6 Å². The minimum absolute atomic E-state index is 0.0456. The molecule has 7 heteroatoms. The van der Waals surface area contributed by atoms with E-state index in [-0.39, 0.29) is 17.5 Å². The fourth-order valence-electron chi connectivity index (χ4n) is 2.42. The molecule has 0 aromatic heterocycles. The van der Waals surface area contributed by atoms with Crippen LogP contribution >= 0.6 is 0 Å². The van der Waals surface area contributed by atoms with Crippen molar-refractivity contribution in [3.05, 3.63) is 23.9 Å². The third-order valence-corrected chi connectivity index (χ3v) is 3.70. The maximum Gasteiger partial charge on any atom is 0.273 e. The molecule has 2 aliphatic rings. The molecule has 1 heterocycles. The number of nitrogens with one attached hydrogen (secondary N) is 2. The highest BCUT2D eigenvalue weighted by Crippen LogP contribution is 2.17. The van der Waals surface area contributed by atoms with Crippen LogP contribution in [0.25, 0.3) is 0 Å². The summed E-state index contributed by atoms with van der Waals surface area (Å²) in [7, 11) is 0. The lowest BCUT2D eigenvalue weighted by Gasteiger charge is -2.36. The lowest BCUT2D eigenvalue weighted by molar-refractivity contribution is -0.138. The van der Waals surface area contributed by atoms with E-state index in [1.807, 2.05) is 12.2 Å². The summed E-state index contributed by atoms with van der Waals surface area (Å²) in [5, 5.41) is 14.3. The fraction of sp³-hybridized carbons (Fsp3) is 0.429. The fourth-order valence-corrected chi connectivity index (χ4v) is 2.42. The van der Waals surface area contributed by atoms with Gasteiger partial charge < -0.3 is 20.9 Å². The number of allylic oxidation sites excluding steroid dienone is 2. The monoisotopic (exact) mass is 289 g/mol. The van der Waals surface area contributed by atoms with Gasteiger partial charge in [-0.3, -0.25) is 15.0 Å². The molecule has 1 fully saturated rings. The predicted molar refractivity (Wildman–Crippen MR) is 79.2 cm³/mol. The maximum absolute atomic E-state index is 12.3. The third-order valence-electron chi connectivity index (χ3n) is 3.70. The SMILES string of the molecule is N=CC(=N)C(=O)N1CCN(C(=O)C2C=CC(N)=CC2)CC1. The van der Waals surface area contributed by atoms with Gasteiger partial charge in [0.15, 0.2) is 0 Å². The first kappa shape index (κ1) is 15.0. The van der Waals surface area contributed by atoms with Crippen LogP contribution in [-0.2, 0) is 9.59 Å². The first-order valence-electron chi connectivity index (χ1n) is 6.84. The molecule has 0 saturated carbocycles. The number of nitrogens with two attached hydrogens (primary N) is 1. The van der Waals surface area contributed by atoms with Gasteiger partial charge in [-0.1, -0.05) is 12.2 Å². The minimum Gasteiger partial charge on any atom is -0.399 e. The van der Waals surface area contributed by atoms with Crippen molar-refractivity contribution in [2.24, 2.45) is 11.7 Å². The number of piperazine rings is 1. The van der Waals surface area contributed by atoms with Crippen LogP contribution in [0.3, 0.4) is 0 Å². The molecule has 0 aromatic rings. The van der Waals surface area contributed by atoms with Crippen molar-refractivity contribution in [2.75, 3.05) is 26.2 Å². The third kappa shape index (κ3) is 3.36. The van der Waals surface area contributed by atoms with Crippen LogP contribution in [0.2, 0.25) is 0 Å². The van der Waals surface area contributed by atoms with Gasteiger partial charge in [0, 0.05) is 38.1 Å². The summed E-state index contributed by atoms with van der Waals surface area (Å²) in [5.74, 6) is -0.589. The number of amides is 2. The van der Waals surface area contributed by atoms with Crippen LogP contribution in [-0.4, -0.2) is 59.7 Å². The largest absolute Gasteiger partial charge is 0.399 e. The summed E-state index contributed by atoms with van der Waals surface area (Å²) >= 11 is 0. The Bertz CT molecular complexity index is 529. The Kier molecular flexibility index (Phi) is 4.52. The van der Waals surface area contributed by atoms with Gasteiger partial charge in [0.1, 0.15) is 5.71 Å². The number of rotatable bonds is 3. The lowest BCUT2D eigenvalue weighted by atomic mass is 9.97. The van der Waals surface area contributed by atoms with Crippen LogP contribution in [0, 0.1) is 16.7 Å². The number of hydrogen-bond acceptors (Lipinski definition) is 5. The van der Waals surface area contributed by atoms with Crippen molar-refractivity contribution in [1.82, 2.24) is 9.80 Å². The predicted octanol–water partition coefficient (Wildman–Crippen LogP) is -0.255. The Hall–Kier alpha value is -2.44. The van der Waals surface area contributed by atoms with E-state index in [0.29, 0.717) is 38.3 Å². The molecule has 7 nitrogen and oxygen atoms in total. The molecule has 2 amide bonds. The molecule has 0 radical (unpaired) electrons. The highest BCUT2D eigenvalue weighted by molar-refractivity contribution is 6.58. The van der Waals surface area contributed by atoms with Crippen molar-refractivity contribution < 1.29 is 9.59 Å². The summed E-state index contributed by atoms with van der Waals surface area (Å²) in [5.41, 5.74) is 5.99. The molecular formula is C14H19N5O2. The van der Waals surface area contributed by atoms with Gasteiger partial charge in [-0.05, 0) is 12.5 Å². The molecule has 112 valence electrons. The van der Waals surface area contributed by atoms with E-state index in [1.165, 1.54) is 4.90 Å². The second-order valence-corrected chi connectivity index (χ2v) is 5.08. The number of carbonyl (C=O) groups is 2. The molecule has 0 aromatic carbocycles. The molecular weight excluding hydrogens is 270 g/mol. The summed E-state index contributed by atoms with van der Waals surface area (Å²) in [4.78, 5) is 27.4. The van der Waals surface area contributed by atoms with Gasteiger partial charge in [0.25, 0.3) is 5.91 Å². The van der Waals surface area contributed by atoms with Crippen LogP contribution < -0.4 is 5.73 Å². The molecule has 1 unspecified atom stereocenters. The molecule has 21 heavy (non-hydrogen) atoms. The molecule has 2 rings (SSSR count). The normalized spacial score (nSPS) is 21.7. The summed E-state index contributed by atoms with van der Waals surface area (Å²) < 4.78 is 0. The Balaban J connectivity index is 1.88. The first-order chi connectivity index (χ1) is 10.0. The van der Waals surface area contributed by atoms with Crippen molar-refractivity contribution in [3.63, 3.8) is 0 Å². The molecule has 4 N–H and O–H groups in total. The van der Waals surface area contributed by atoms with Crippen molar-refractivity contribution in [2.45, 2.75) is 6.42 Å². The van der Waals surface area contributed by atoms with Crippen LogP contribution in [0.1, 0.15) is 6.42 Å². The van der Waals surface area contributed by atoms with E-state index in [1.54, 1.807) is 11.0 Å². The maximum atomic E-state index is 12.3. The zero-order chi connectivity index (χ0) is 15.4. The Morgan fingerprint density at radius 1 is 1.24 bits per heavy atom. The number of hydrogen-bond donors (Lipinski definition) is 3. The van der Waals surface area contributed by atoms with Crippen LogP contribution in [0.15, 0.2) is 23.9 Å². The van der Waals surface area contributed by atoms with Gasteiger partial charge in [-0.2, -0.15) is 0 Å². The van der Waals surface area contributed by atoms with Crippen molar-refractivity contribution >= 4 is 23.7 Å². The minimum atomic E-state index is -0.453. The van der Waals surface area contributed by atoms with Gasteiger partial charge in [-0.25, -0.2) is 0 Å². The van der Waals surface area contributed by atoms with Gasteiger partial charge in [0.2, 0.25) is 5.91 Å². The molecule has 1 atom stereocenters. The molecule has 1 aliphatic heterocycles. The van der Waals surface area contributed by atoms with Gasteiger partial charge in [-0.15, -0.1) is 0 Å². The Labute approximate surface area is 123 Å². The summed E-state index contributed by atoms with van der Waals surface area (Å²) in [6, 6.07) is 0. The van der Waals surface area contributed by atoms with Crippen LogP contribution in [0.4, 0.5) is 0 Å². The molecule has 0 bridgehead atoms. The summed E-state index contributed by atoms with van der Waals surface area (Å²) in [6.45, 7) is 1.71. The first-order valence-corrected chi connectivity index (χ1v) is 6.84. The Morgan fingerprint density at radius 2 is 1.86 bits per heavy atom. The highest BCUT2D eigenvalue weighted by Gasteiger charge is 2.28. The second-order valence-electron chi connectivity index (χ2n) is 5.08. The average Bonchev–Trinajstić information content (AvgIpc) is 2.53. The Morgan fingerprint density at radius 3 is 2.38 bits per heavy atom. The topological polar surface area (TPSA) is 114 Å². The van der Waals surface area contributed by atoms with E-state index in [0.717, 1.165) is 6.21 Å². The number of carbonyl (C=O) groups excluding carboxylic acids is 2. The van der Waals surface area contributed by atoms with E-state index < -0.39 is 5.91 Å². The molecule has 1 saturated heterocycles. The van der Waals surface area contributed by atoms with E-state index >= 15 is 0 Å². The van der Waals surface area contributed by atoms with Gasteiger partial charge >= 0.3 is 0 Å². The second kappa shape index (κ2) is 6.34. The smallest absolute Gasteiger partial charge is 0.273 e. The van der Waals surface area contributed by atoms with E-state index in [9.17, 15) is 9.59 Å². The molecule has 0 spiro atoms. The zero-order valence-corrected chi connectivity index (χ0v) is 11.7. The quantitative estimate of drug-likeness (QED) is 0.622. The highest BCUT2D eigenvalue weighted by atomic mass is 16.2. The van der Waals surface area contributed by atoms with Crippen molar-refractivity contribution in [3.8, 4) is 0 Å². The van der Waals surface area contributed by atoms with E-state index in [2.05, 4.69) is 0 Å². The standard InChI is InChI=1S/C14H19N5O2/c15-9-12(17)14(21)19-7-5-18(6-8-19)13(20)10-1-3-11(16)4-2-10/h1,3-4,9-10,15,17H,2,5-8,16H2. The van der Waals surface area contributed by atoms with Gasteiger partial charge in [0.05, 0.1) is 5.92 Å². The molecule has 1 aliphatic carbocycles. The summed E-state index contributed by atoms with van der Waals surface area (Å²) in [6.07, 6.45) is 6.76.